The SMILES string of the molecule is COc1nc(C)ccc1C(=O)NC(C)(C)c1nc(C)no1. The molecule has 0 aliphatic rings. The largest absolute Gasteiger partial charge is 0.480 e. The number of amides is 1. The van der Waals surface area contributed by atoms with E-state index in [4.69, 9.17) is 9.26 Å². The van der Waals surface area contributed by atoms with Crippen LogP contribution < -0.4 is 10.1 Å². The molecule has 2 aromatic rings. The number of carbonyl (C=O) groups is 1. The highest BCUT2D eigenvalue weighted by atomic mass is 16.5. The molecule has 7 heteroatoms. The Bertz CT molecular complexity index is 664. The van der Waals surface area contributed by atoms with Gasteiger partial charge in [-0.25, -0.2) is 4.98 Å². The van der Waals surface area contributed by atoms with Crippen LogP contribution in [0.15, 0.2) is 16.7 Å². The van der Waals surface area contributed by atoms with Gasteiger partial charge in [-0.3, -0.25) is 4.79 Å². The number of nitrogens with one attached hydrogen (secondary N) is 1. The fraction of sp³-hybridized carbons (Fsp3) is 0.429. The van der Waals surface area contributed by atoms with Gasteiger partial charge in [0.2, 0.25) is 5.88 Å². The molecule has 0 radical (unpaired) electrons. The average molecular weight is 290 g/mol. The smallest absolute Gasteiger partial charge is 0.257 e. The van der Waals surface area contributed by atoms with Crippen LogP contribution >= 0.6 is 0 Å². The Balaban J connectivity index is 2.25. The number of aromatic nitrogens is 3. The van der Waals surface area contributed by atoms with Gasteiger partial charge in [0.05, 0.1) is 7.11 Å². The summed E-state index contributed by atoms with van der Waals surface area (Å²) in [6, 6.07) is 3.42. The molecule has 2 rings (SSSR count). The number of pyridine rings is 1. The molecule has 0 saturated carbocycles. The summed E-state index contributed by atoms with van der Waals surface area (Å²) in [6.07, 6.45) is 0. The molecule has 0 spiro atoms. The van der Waals surface area contributed by atoms with Crippen LogP contribution in [-0.4, -0.2) is 28.1 Å². The van der Waals surface area contributed by atoms with Gasteiger partial charge in [0.25, 0.3) is 11.8 Å². The maximum absolute atomic E-state index is 12.4. The normalized spacial score (nSPS) is 11.3. The van der Waals surface area contributed by atoms with Crippen molar-refractivity contribution in [3.63, 3.8) is 0 Å². The lowest BCUT2D eigenvalue weighted by Crippen LogP contribution is -2.41. The third-order valence-corrected chi connectivity index (χ3v) is 2.93. The minimum Gasteiger partial charge on any atom is -0.480 e. The number of nitrogens with zero attached hydrogens (tertiary/aromatic N) is 3. The lowest BCUT2D eigenvalue weighted by atomic mass is 10.0. The molecule has 0 saturated heterocycles. The molecule has 0 aromatic carbocycles. The highest BCUT2D eigenvalue weighted by Crippen LogP contribution is 2.21. The van der Waals surface area contributed by atoms with Gasteiger partial charge in [-0.05, 0) is 39.8 Å². The third-order valence-electron chi connectivity index (χ3n) is 2.93. The maximum Gasteiger partial charge on any atom is 0.257 e. The first kappa shape index (κ1) is 15.0. The molecule has 0 fully saturated rings. The predicted octanol–water partition coefficient (Wildman–Crippen LogP) is 1.76. The van der Waals surface area contributed by atoms with E-state index in [-0.39, 0.29) is 11.8 Å². The quantitative estimate of drug-likeness (QED) is 0.922. The molecule has 1 amide bonds. The summed E-state index contributed by atoms with van der Waals surface area (Å²) in [6.45, 7) is 7.12. The zero-order valence-corrected chi connectivity index (χ0v) is 12.7. The zero-order chi connectivity index (χ0) is 15.6. The van der Waals surface area contributed by atoms with Crippen molar-refractivity contribution in [3.05, 3.63) is 35.1 Å². The summed E-state index contributed by atoms with van der Waals surface area (Å²) in [7, 11) is 1.48. The molecule has 112 valence electrons. The summed E-state index contributed by atoms with van der Waals surface area (Å²) in [4.78, 5) is 20.7. The molecular weight excluding hydrogens is 272 g/mol. The van der Waals surface area contributed by atoms with E-state index in [1.165, 1.54) is 7.11 Å². The number of ether oxygens (including phenoxy) is 1. The minimum atomic E-state index is -0.797. The lowest BCUT2D eigenvalue weighted by Gasteiger charge is -2.22. The fourth-order valence-corrected chi connectivity index (χ4v) is 1.82. The van der Waals surface area contributed by atoms with E-state index in [0.717, 1.165) is 5.69 Å². The highest BCUT2D eigenvalue weighted by Gasteiger charge is 2.30. The fourth-order valence-electron chi connectivity index (χ4n) is 1.82. The van der Waals surface area contributed by atoms with E-state index in [0.29, 0.717) is 17.3 Å². The van der Waals surface area contributed by atoms with Gasteiger partial charge in [-0.1, -0.05) is 5.16 Å². The zero-order valence-electron chi connectivity index (χ0n) is 12.7. The van der Waals surface area contributed by atoms with E-state index in [9.17, 15) is 4.79 Å². The first-order valence-corrected chi connectivity index (χ1v) is 6.48. The lowest BCUT2D eigenvalue weighted by molar-refractivity contribution is 0.0891. The first-order chi connectivity index (χ1) is 9.83. The van der Waals surface area contributed by atoms with Crippen molar-refractivity contribution in [2.75, 3.05) is 7.11 Å². The van der Waals surface area contributed by atoms with Crippen LogP contribution in [0.4, 0.5) is 0 Å². The summed E-state index contributed by atoms with van der Waals surface area (Å²) in [5, 5.41) is 6.57. The number of rotatable bonds is 4. The second-order valence-electron chi connectivity index (χ2n) is 5.24. The predicted molar refractivity (Wildman–Crippen MR) is 75.1 cm³/mol. The molecule has 21 heavy (non-hydrogen) atoms. The number of aryl methyl sites for hydroxylation is 2. The molecule has 2 aromatic heterocycles. The Morgan fingerprint density at radius 3 is 2.57 bits per heavy atom. The van der Waals surface area contributed by atoms with Crippen molar-refractivity contribution in [2.24, 2.45) is 0 Å². The van der Waals surface area contributed by atoms with Gasteiger partial charge in [0.15, 0.2) is 5.82 Å². The van der Waals surface area contributed by atoms with Crippen LogP contribution in [0.3, 0.4) is 0 Å². The molecule has 0 atom stereocenters. The summed E-state index contributed by atoms with van der Waals surface area (Å²) in [5.74, 6) is 0.819. The van der Waals surface area contributed by atoms with Crippen LogP contribution in [0.5, 0.6) is 5.88 Å². The van der Waals surface area contributed by atoms with E-state index >= 15 is 0 Å². The Hall–Kier alpha value is -2.44. The molecule has 0 aliphatic heterocycles. The summed E-state index contributed by atoms with van der Waals surface area (Å²) in [5.41, 5.74) is 0.330. The van der Waals surface area contributed by atoms with E-state index < -0.39 is 5.54 Å². The molecule has 0 aliphatic carbocycles. The number of hydrogen-bond donors (Lipinski definition) is 1. The van der Waals surface area contributed by atoms with Crippen LogP contribution in [0.2, 0.25) is 0 Å². The molecule has 2 heterocycles. The van der Waals surface area contributed by atoms with Crippen molar-refractivity contribution in [2.45, 2.75) is 33.2 Å². The first-order valence-electron chi connectivity index (χ1n) is 6.48. The van der Waals surface area contributed by atoms with E-state index in [1.807, 2.05) is 6.92 Å². The second kappa shape index (κ2) is 5.51. The van der Waals surface area contributed by atoms with Gasteiger partial charge in [0.1, 0.15) is 11.1 Å². The van der Waals surface area contributed by atoms with Gasteiger partial charge in [-0.15, -0.1) is 0 Å². The molecular formula is C14H18N4O3. The third kappa shape index (κ3) is 3.18. The molecule has 7 nitrogen and oxygen atoms in total. The van der Waals surface area contributed by atoms with Crippen LogP contribution in [0.25, 0.3) is 0 Å². The molecule has 0 unspecified atom stereocenters. The topological polar surface area (TPSA) is 90.1 Å². The van der Waals surface area contributed by atoms with Crippen molar-refractivity contribution >= 4 is 5.91 Å². The molecule has 0 bridgehead atoms. The van der Waals surface area contributed by atoms with Crippen LogP contribution in [0, 0.1) is 13.8 Å². The second-order valence-corrected chi connectivity index (χ2v) is 5.24. The van der Waals surface area contributed by atoms with E-state index in [2.05, 4.69) is 20.4 Å². The highest BCUT2D eigenvalue weighted by molar-refractivity contribution is 5.96. The monoisotopic (exact) mass is 290 g/mol. The maximum atomic E-state index is 12.4. The van der Waals surface area contributed by atoms with Gasteiger partial charge < -0.3 is 14.6 Å². The number of methoxy groups -OCH3 is 1. The number of hydrogen-bond acceptors (Lipinski definition) is 6. The van der Waals surface area contributed by atoms with Crippen LogP contribution in [0.1, 0.15) is 41.6 Å². The van der Waals surface area contributed by atoms with Crippen molar-refractivity contribution in [1.29, 1.82) is 0 Å². The Morgan fingerprint density at radius 2 is 2.00 bits per heavy atom. The van der Waals surface area contributed by atoms with Crippen molar-refractivity contribution in [1.82, 2.24) is 20.4 Å². The summed E-state index contributed by atoms with van der Waals surface area (Å²) < 4.78 is 10.3. The number of carbonyl (C=O) groups excluding carboxylic acids is 1. The van der Waals surface area contributed by atoms with Gasteiger partial charge >= 0.3 is 0 Å². The average Bonchev–Trinajstić information content (AvgIpc) is 2.85. The van der Waals surface area contributed by atoms with Gasteiger partial charge in [-0.2, -0.15) is 4.98 Å². The Morgan fingerprint density at radius 1 is 1.29 bits per heavy atom. The van der Waals surface area contributed by atoms with E-state index in [1.54, 1.807) is 32.9 Å². The minimum absolute atomic E-state index is 0.282. The van der Waals surface area contributed by atoms with Gasteiger partial charge in [0, 0.05) is 5.69 Å². The Labute approximate surface area is 122 Å². The van der Waals surface area contributed by atoms with Crippen LogP contribution in [-0.2, 0) is 5.54 Å². The molecule has 1 N–H and O–H groups in total. The summed E-state index contributed by atoms with van der Waals surface area (Å²) >= 11 is 0. The van der Waals surface area contributed by atoms with Crippen molar-refractivity contribution in [3.8, 4) is 5.88 Å². The standard InChI is InChI=1S/C14H18N4O3/c1-8-6-7-10(12(15-8)20-5)11(19)17-14(3,4)13-16-9(2)18-21-13/h6-7H,1-5H3,(H,17,19). The Kier molecular flexibility index (Phi) is 3.93. The van der Waals surface area contributed by atoms with Crippen molar-refractivity contribution < 1.29 is 14.1 Å².